The fourth-order valence-electron chi connectivity index (χ4n) is 10.0. The predicted molar refractivity (Wildman–Crippen MR) is 246 cm³/mol. The van der Waals surface area contributed by atoms with Gasteiger partial charge in [0.05, 0.1) is 39.6 Å². The summed E-state index contributed by atoms with van der Waals surface area (Å²) in [6.45, 7) is -1.30. The molecule has 30 atom stereocenters. The zero-order chi connectivity index (χ0) is 58.5. The Morgan fingerprint density at radius 2 is 0.646 bits per heavy atom. The fourth-order valence-corrected chi connectivity index (χ4v) is 10.0. The molecule has 6 rings (SSSR count). The van der Waals surface area contributed by atoms with Crippen molar-refractivity contribution >= 4 is 23.6 Å². The van der Waals surface area contributed by atoms with Crippen molar-refractivity contribution in [2.75, 3.05) is 39.6 Å². The Bertz CT molecular complexity index is 1990. The van der Waals surface area contributed by atoms with Gasteiger partial charge < -0.3 is 155 Å². The third-order valence-corrected chi connectivity index (χ3v) is 14.0. The van der Waals surface area contributed by atoms with E-state index < -0.39 is 247 Å². The molecule has 456 valence electrons. The van der Waals surface area contributed by atoms with E-state index in [4.69, 9.17) is 52.1 Å². The van der Waals surface area contributed by atoms with Crippen LogP contribution in [-0.4, -0.2) is 329 Å². The number of nitrogens with one attached hydrogen (secondary N) is 4. The van der Waals surface area contributed by atoms with Gasteiger partial charge in [-0.05, 0) is 0 Å². The van der Waals surface area contributed by atoms with Crippen LogP contribution in [0.25, 0.3) is 0 Å². The number of carbonyl (C=O) groups excluding carboxylic acids is 4. The normalized spacial score (nSPS) is 46.7. The molecule has 4 amide bonds. The molecular formula is C44H74N4O31. The molecular weight excluding hydrogens is 1080 g/mol. The lowest BCUT2D eigenvalue weighted by Crippen LogP contribution is -2.70. The Labute approximate surface area is 448 Å². The summed E-state index contributed by atoms with van der Waals surface area (Å²) in [4.78, 5) is 48.9. The zero-order valence-electron chi connectivity index (χ0n) is 42.8. The van der Waals surface area contributed by atoms with Gasteiger partial charge in [-0.3, -0.25) is 19.2 Å². The number of hydrogen-bond acceptors (Lipinski definition) is 31. The molecule has 0 radical (unpaired) electrons. The van der Waals surface area contributed by atoms with Crippen LogP contribution in [0.4, 0.5) is 0 Å². The summed E-state index contributed by atoms with van der Waals surface area (Å²) in [5.74, 6) is -3.05. The third-order valence-electron chi connectivity index (χ3n) is 14.0. The number of aliphatic hydroxyl groups is 16. The Balaban J connectivity index is 1.15. The number of ether oxygens (including phenoxy) is 11. The average molecular weight is 1160 g/mol. The summed E-state index contributed by atoms with van der Waals surface area (Å²) in [7, 11) is 0. The van der Waals surface area contributed by atoms with Gasteiger partial charge in [0.25, 0.3) is 0 Å². The van der Waals surface area contributed by atoms with E-state index in [-0.39, 0.29) is 0 Å². The van der Waals surface area contributed by atoms with Crippen LogP contribution in [0, 0.1) is 0 Å². The third kappa shape index (κ3) is 14.8. The monoisotopic (exact) mass is 1150 g/mol. The second kappa shape index (κ2) is 28.4. The van der Waals surface area contributed by atoms with E-state index in [2.05, 4.69) is 21.3 Å². The lowest BCUT2D eigenvalue weighted by atomic mass is 9.94. The van der Waals surface area contributed by atoms with Gasteiger partial charge in [-0.2, -0.15) is 0 Å². The SMILES string of the molecule is CC(=O)N[C@@H]1[C@@H](O[C@@H]2O[C@H](CO)[C@H](O[C@H]3O[C@H](CO)[C@H](O)[C@H](O)[C@H]3NC(C)=O)[C@H](O)[C@H]2O)[C@@H](O)[C@@H](CO[C@@H]2O[C@H](CO)[C@@H](O[C@@H]3O[C@H](CO)[C@H](O[C@H]4O[C@H](CO)[C@H](O)[C@H](O)[C@H]4NC(C)=O)[C@H](O)[C@H]3O)[C@H](O)[C@H]2NC(C)=O)O[C@@H]1O. The molecule has 6 fully saturated rings. The molecule has 0 aliphatic carbocycles. The van der Waals surface area contributed by atoms with E-state index in [1.165, 1.54) is 0 Å². The van der Waals surface area contributed by atoms with Crippen molar-refractivity contribution in [3.8, 4) is 0 Å². The lowest BCUT2D eigenvalue weighted by Gasteiger charge is -2.49. The van der Waals surface area contributed by atoms with E-state index in [1.807, 2.05) is 0 Å². The van der Waals surface area contributed by atoms with Crippen molar-refractivity contribution in [2.45, 2.75) is 212 Å². The van der Waals surface area contributed by atoms with Gasteiger partial charge in [-0.15, -0.1) is 0 Å². The number of rotatable bonds is 20. The molecule has 0 aromatic heterocycles. The molecule has 6 aliphatic rings. The Kier molecular flexibility index (Phi) is 23.3. The fraction of sp³-hybridized carbons (Fsp3) is 0.909. The van der Waals surface area contributed by atoms with Crippen molar-refractivity contribution in [2.24, 2.45) is 0 Å². The first-order chi connectivity index (χ1) is 37.3. The summed E-state index contributed by atoms with van der Waals surface area (Å²) in [6.07, 6.45) is -47.6. The molecule has 6 aliphatic heterocycles. The predicted octanol–water partition coefficient (Wildman–Crippen LogP) is -13.5. The molecule has 0 bridgehead atoms. The summed E-state index contributed by atoms with van der Waals surface area (Å²) in [6, 6.07) is -6.41. The number of carbonyl (C=O) groups is 4. The summed E-state index contributed by atoms with van der Waals surface area (Å²) in [5, 5.41) is 182. The second-order valence-electron chi connectivity index (χ2n) is 19.7. The number of hydrogen-bond donors (Lipinski definition) is 20. The highest BCUT2D eigenvalue weighted by atomic mass is 16.8. The van der Waals surface area contributed by atoms with Crippen molar-refractivity contribution in [1.29, 1.82) is 0 Å². The van der Waals surface area contributed by atoms with Gasteiger partial charge in [0, 0.05) is 27.7 Å². The van der Waals surface area contributed by atoms with E-state index >= 15 is 0 Å². The van der Waals surface area contributed by atoms with Gasteiger partial charge >= 0.3 is 0 Å². The molecule has 0 aromatic carbocycles. The first kappa shape index (κ1) is 65.0. The molecule has 35 nitrogen and oxygen atoms in total. The van der Waals surface area contributed by atoms with Crippen molar-refractivity contribution in [3.05, 3.63) is 0 Å². The molecule has 0 spiro atoms. The zero-order valence-corrected chi connectivity index (χ0v) is 42.8. The van der Waals surface area contributed by atoms with Crippen LogP contribution in [0.1, 0.15) is 27.7 Å². The minimum absolute atomic E-state index is 0.718. The largest absolute Gasteiger partial charge is 0.394 e. The molecule has 79 heavy (non-hydrogen) atoms. The second-order valence-corrected chi connectivity index (χ2v) is 19.7. The van der Waals surface area contributed by atoms with Crippen molar-refractivity contribution in [1.82, 2.24) is 21.3 Å². The van der Waals surface area contributed by atoms with E-state index in [0.717, 1.165) is 27.7 Å². The van der Waals surface area contributed by atoms with Crippen LogP contribution >= 0.6 is 0 Å². The highest BCUT2D eigenvalue weighted by molar-refractivity contribution is 5.74. The summed E-state index contributed by atoms with van der Waals surface area (Å²) >= 11 is 0. The van der Waals surface area contributed by atoms with Crippen LogP contribution < -0.4 is 21.3 Å². The first-order valence-corrected chi connectivity index (χ1v) is 25.1. The van der Waals surface area contributed by atoms with Gasteiger partial charge in [0.1, 0.15) is 146 Å². The maximum Gasteiger partial charge on any atom is 0.217 e. The quantitative estimate of drug-likeness (QED) is 0.0538. The minimum atomic E-state index is -2.17. The number of amides is 4. The van der Waals surface area contributed by atoms with Crippen LogP contribution in [0.2, 0.25) is 0 Å². The maximum absolute atomic E-state index is 12.6. The molecule has 6 saturated heterocycles. The van der Waals surface area contributed by atoms with E-state index in [1.54, 1.807) is 0 Å². The topological polar surface area (TPSA) is 542 Å². The Morgan fingerprint density at radius 1 is 0.329 bits per heavy atom. The van der Waals surface area contributed by atoms with Crippen LogP contribution in [0.15, 0.2) is 0 Å². The smallest absolute Gasteiger partial charge is 0.217 e. The maximum atomic E-state index is 12.6. The first-order valence-electron chi connectivity index (χ1n) is 25.1. The highest BCUT2D eigenvalue weighted by Crippen LogP contribution is 2.36. The van der Waals surface area contributed by atoms with Crippen molar-refractivity contribution in [3.63, 3.8) is 0 Å². The summed E-state index contributed by atoms with van der Waals surface area (Å²) in [5.41, 5.74) is 0. The van der Waals surface area contributed by atoms with Crippen LogP contribution in [-0.2, 0) is 71.3 Å². The highest BCUT2D eigenvalue weighted by Gasteiger charge is 2.57. The minimum Gasteiger partial charge on any atom is -0.394 e. The lowest BCUT2D eigenvalue weighted by molar-refractivity contribution is -0.372. The van der Waals surface area contributed by atoms with E-state index in [0.29, 0.717) is 0 Å². The van der Waals surface area contributed by atoms with Crippen LogP contribution in [0.3, 0.4) is 0 Å². The molecule has 20 N–H and O–H groups in total. The standard InChI is InChI=1S/C44H74N4O31/c1-11(54)45-21-28(61)25(58)15(5-49)71-41(21)76-36-18(8-52)74-43(33(66)31(36)64)78-35-17(7-51)73-40(23(30(35)63)47-13(3)56)69-10-20-27(60)38(24(39(68)70-20)48-14(4)57)79-44-34(67)32(65)37(19(9-53)75-44)77-42-22(46-12(2)55)29(62)26(59)16(6-50)72-42/h15-44,49-53,58-68H,5-10H2,1-4H3,(H,45,54)(H,46,55)(H,47,56)(H,48,57)/t15-,16-,17-,18-,19-,20-,21-,22-,23-,24-,25+,26+,27+,28-,29-,30-,31-,32-,33-,34-,35-,36+,37+,38-,39+,40-,41-,42-,43+,44+/m1/s1. The van der Waals surface area contributed by atoms with Gasteiger partial charge in [-0.25, -0.2) is 0 Å². The molecule has 6 heterocycles. The molecule has 35 heteroatoms. The van der Waals surface area contributed by atoms with Gasteiger partial charge in [0.2, 0.25) is 23.6 Å². The average Bonchev–Trinajstić information content (AvgIpc) is 3.49. The Morgan fingerprint density at radius 3 is 1.03 bits per heavy atom. The number of aliphatic hydroxyl groups excluding tert-OH is 16. The Hall–Kier alpha value is -3.20. The molecule has 0 aromatic rings. The van der Waals surface area contributed by atoms with Crippen molar-refractivity contribution < 1.29 is 153 Å². The van der Waals surface area contributed by atoms with Gasteiger partial charge in [0.15, 0.2) is 37.7 Å². The molecule has 0 saturated carbocycles. The van der Waals surface area contributed by atoms with Gasteiger partial charge in [-0.1, -0.05) is 0 Å². The molecule has 0 unspecified atom stereocenters. The van der Waals surface area contributed by atoms with E-state index in [9.17, 15) is 101 Å². The van der Waals surface area contributed by atoms with Crippen LogP contribution in [0.5, 0.6) is 0 Å². The summed E-state index contributed by atoms with van der Waals surface area (Å²) < 4.78 is 63.3.